The lowest BCUT2D eigenvalue weighted by molar-refractivity contribution is -0.118. The average molecular weight is 227 g/mol. The number of anilines is 1. The Hall–Kier alpha value is -1.06. The normalized spacial score (nSPS) is 10.1. The van der Waals surface area contributed by atoms with Gasteiger partial charge in [-0.25, -0.2) is 0 Å². The van der Waals surface area contributed by atoms with Crippen LogP contribution in [0.25, 0.3) is 0 Å². The van der Waals surface area contributed by atoms with Crippen LogP contribution in [0.5, 0.6) is 0 Å². The topological polar surface area (TPSA) is 46.3 Å². The Morgan fingerprint density at radius 1 is 1.53 bits per heavy atom. The van der Waals surface area contributed by atoms with E-state index < -0.39 is 0 Å². The summed E-state index contributed by atoms with van der Waals surface area (Å²) >= 11 is 5.84. The van der Waals surface area contributed by atoms with Gasteiger partial charge in [-0.2, -0.15) is 0 Å². The number of hydrogen-bond donors (Lipinski definition) is 1. The lowest BCUT2D eigenvalue weighted by Crippen LogP contribution is -2.28. The summed E-state index contributed by atoms with van der Waals surface area (Å²) in [6.07, 6.45) is 0.360. The summed E-state index contributed by atoms with van der Waals surface area (Å²) in [5.41, 5.74) is 7.19. The van der Waals surface area contributed by atoms with Crippen LogP contribution in [0.4, 0.5) is 5.69 Å². The lowest BCUT2D eigenvalue weighted by atomic mass is 10.2. The molecule has 15 heavy (non-hydrogen) atoms. The van der Waals surface area contributed by atoms with E-state index >= 15 is 0 Å². The van der Waals surface area contributed by atoms with E-state index in [0.717, 1.165) is 11.3 Å². The van der Waals surface area contributed by atoms with Crippen LogP contribution in [0, 0.1) is 6.92 Å². The van der Waals surface area contributed by atoms with Gasteiger partial charge >= 0.3 is 0 Å². The average Bonchev–Trinajstić information content (AvgIpc) is 2.17. The molecule has 0 bridgehead atoms. The first-order valence-corrected chi connectivity index (χ1v) is 5.17. The smallest absolute Gasteiger partial charge is 0.227 e. The van der Waals surface area contributed by atoms with Crippen LogP contribution in [-0.4, -0.2) is 19.5 Å². The number of halogens is 1. The van der Waals surface area contributed by atoms with Crippen LogP contribution < -0.4 is 10.6 Å². The number of carbonyl (C=O) groups excluding carboxylic acids is 1. The van der Waals surface area contributed by atoms with Crippen LogP contribution in [0.15, 0.2) is 18.2 Å². The minimum absolute atomic E-state index is 0.0166. The molecular weight excluding hydrogens is 212 g/mol. The van der Waals surface area contributed by atoms with Crippen LogP contribution in [0.2, 0.25) is 5.02 Å². The van der Waals surface area contributed by atoms with Crippen molar-refractivity contribution in [3.05, 3.63) is 28.8 Å². The molecule has 0 fully saturated rings. The first kappa shape index (κ1) is 12.0. The van der Waals surface area contributed by atoms with E-state index in [2.05, 4.69) is 0 Å². The fourth-order valence-electron chi connectivity index (χ4n) is 1.42. The second-order valence-electron chi connectivity index (χ2n) is 3.42. The molecule has 4 heteroatoms. The summed E-state index contributed by atoms with van der Waals surface area (Å²) in [7, 11) is 1.74. The highest BCUT2D eigenvalue weighted by Crippen LogP contribution is 2.22. The summed E-state index contributed by atoms with van der Waals surface area (Å²) in [5.74, 6) is 0.0166. The van der Waals surface area contributed by atoms with Crippen LogP contribution in [-0.2, 0) is 4.79 Å². The zero-order valence-electron chi connectivity index (χ0n) is 8.96. The predicted molar refractivity (Wildman–Crippen MR) is 63.3 cm³/mol. The summed E-state index contributed by atoms with van der Waals surface area (Å²) in [5, 5.41) is 0.677. The molecule has 0 saturated carbocycles. The summed E-state index contributed by atoms with van der Waals surface area (Å²) < 4.78 is 0. The summed E-state index contributed by atoms with van der Waals surface area (Å²) in [6.45, 7) is 2.29. The van der Waals surface area contributed by atoms with Gasteiger partial charge in [0, 0.05) is 30.7 Å². The number of hydrogen-bond acceptors (Lipinski definition) is 2. The fraction of sp³-hybridized carbons (Fsp3) is 0.364. The molecule has 0 unspecified atom stereocenters. The van der Waals surface area contributed by atoms with Crippen molar-refractivity contribution >= 4 is 23.2 Å². The quantitative estimate of drug-likeness (QED) is 0.857. The second kappa shape index (κ2) is 5.14. The van der Waals surface area contributed by atoms with Crippen LogP contribution in [0.3, 0.4) is 0 Å². The van der Waals surface area contributed by atoms with E-state index in [1.165, 1.54) is 0 Å². The van der Waals surface area contributed by atoms with E-state index in [1.807, 2.05) is 19.1 Å². The van der Waals surface area contributed by atoms with Crippen molar-refractivity contribution in [1.82, 2.24) is 0 Å². The molecule has 0 spiro atoms. The number of aryl methyl sites for hydroxylation is 1. The number of nitrogens with zero attached hydrogens (tertiary/aromatic N) is 1. The van der Waals surface area contributed by atoms with Gasteiger partial charge in [-0.15, -0.1) is 0 Å². The van der Waals surface area contributed by atoms with Crippen molar-refractivity contribution in [1.29, 1.82) is 0 Å². The third-order valence-electron chi connectivity index (χ3n) is 2.25. The Kier molecular flexibility index (Phi) is 4.12. The van der Waals surface area contributed by atoms with Crippen molar-refractivity contribution in [3.8, 4) is 0 Å². The molecule has 0 aliphatic heterocycles. The SMILES string of the molecule is Cc1cc(Cl)ccc1N(C)C(=O)CCN. The molecular formula is C11H15ClN2O. The maximum atomic E-state index is 11.6. The Balaban J connectivity index is 2.91. The van der Waals surface area contributed by atoms with E-state index in [0.29, 0.717) is 18.0 Å². The van der Waals surface area contributed by atoms with Gasteiger partial charge in [0.2, 0.25) is 5.91 Å². The van der Waals surface area contributed by atoms with Gasteiger partial charge in [-0.1, -0.05) is 11.6 Å². The highest BCUT2D eigenvalue weighted by atomic mass is 35.5. The summed E-state index contributed by atoms with van der Waals surface area (Å²) in [6, 6.07) is 5.45. The molecule has 0 aromatic heterocycles. The Morgan fingerprint density at radius 2 is 2.20 bits per heavy atom. The summed E-state index contributed by atoms with van der Waals surface area (Å²) in [4.78, 5) is 13.2. The van der Waals surface area contributed by atoms with Crippen molar-refractivity contribution < 1.29 is 4.79 Å². The number of rotatable bonds is 3. The van der Waals surface area contributed by atoms with Crippen molar-refractivity contribution in [2.24, 2.45) is 5.73 Å². The Morgan fingerprint density at radius 3 is 2.73 bits per heavy atom. The predicted octanol–water partition coefficient (Wildman–Crippen LogP) is 1.96. The molecule has 1 aromatic carbocycles. The molecule has 0 aliphatic rings. The lowest BCUT2D eigenvalue weighted by Gasteiger charge is -2.19. The van der Waals surface area contributed by atoms with Crippen molar-refractivity contribution in [2.45, 2.75) is 13.3 Å². The zero-order valence-corrected chi connectivity index (χ0v) is 9.71. The Labute approximate surface area is 94.8 Å². The highest BCUT2D eigenvalue weighted by Gasteiger charge is 2.11. The van der Waals surface area contributed by atoms with Gasteiger partial charge in [-0.05, 0) is 30.7 Å². The zero-order chi connectivity index (χ0) is 11.4. The number of amides is 1. The largest absolute Gasteiger partial charge is 0.330 e. The van der Waals surface area contributed by atoms with E-state index in [4.69, 9.17) is 17.3 Å². The minimum atomic E-state index is 0.0166. The maximum absolute atomic E-state index is 11.6. The molecule has 1 amide bonds. The molecule has 0 atom stereocenters. The highest BCUT2D eigenvalue weighted by molar-refractivity contribution is 6.30. The van der Waals surface area contributed by atoms with Gasteiger partial charge in [0.25, 0.3) is 0 Å². The standard InChI is InChI=1S/C11H15ClN2O/c1-8-7-9(12)3-4-10(8)14(2)11(15)5-6-13/h3-4,7H,5-6,13H2,1-2H3. The van der Waals surface area contributed by atoms with Crippen LogP contribution >= 0.6 is 11.6 Å². The molecule has 0 aliphatic carbocycles. The Bertz CT molecular complexity index is 366. The van der Waals surface area contributed by atoms with Gasteiger partial charge in [0.1, 0.15) is 0 Å². The molecule has 2 N–H and O–H groups in total. The first-order chi connectivity index (χ1) is 7.06. The van der Waals surface area contributed by atoms with E-state index in [-0.39, 0.29) is 5.91 Å². The van der Waals surface area contributed by atoms with Gasteiger partial charge < -0.3 is 10.6 Å². The molecule has 1 aromatic rings. The van der Waals surface area contributed by atoms with Crippen molar-refractivity contribution in [3.63, 3.8) is 0 Å². The van der Waals surface area contributed by atoms with Gasteiger partial charge in [0.15, 0.2) is 0 Å². The third-order valence-corrected chi connectivity index (χ3v) is 2.49. The van der Waals surface area contributed by atoms with E-state index in [9.17, 15) is 4.79 Å². The molecule has 0 radical (unpaired) electrons. The molecule has 3 nitrogen and oxygen atoms in total. The van der Waals surface area contributed by atoms with Crippen LogP contribution in [0.1, 0.15) is 12.0 Å². The van der Waals surface area contributed by atoms with E-state index in [1.54, 1.807) is 18.0 Å². The monoisotopic (exact) mass is 226 g/mol. The molecule has 1 rings (SSSR count). The number of benzene rings is 1. The molecule has 0 saturated heterocycles. The number of carbonyl (C=O) groups is 1. The number of nitrogens with two attached hydrogens (primary N) is 1. The van der Waals surface area contributed by atoms with Gasteiger partial charge in [0.05, 0.1) is 0 Å². The third kappa shape index (κ3) is 2.94. The minimum Gasteiger partial charge on any atom is -0.330 e. The second-order valence-corrected chi connectivity index (χ2v) is 3.86. The fourth-order valence-corrected chi connectivity index (χ4v) is 1.65. The maximum Gasteiger partial charge on any atom is 0.227 e. The molecule has 0 heterocycles. The molecule has 82 valence electrons. The van der Waals surface area contributed by atoms with Crippen molar-refractivity contribution in [2.75, 3.05) is 18.5 Å². The first-order valence-electron chi connectivity index (χ1n) is 4.79. The van der Waals surface area contributed by atoms with Gasteiger partial charge in [-0.3, -0.25) is 4.79 Å².